The Morgan fingerprint density at radius 1 is 0.415 bits per heavy atom. The van der Waals surface area contributed by atoms with Crippen molar-refractivity contribution >= 4 is 11.4 Å². The van der Waals surface area contributed by atoms with Crippen molar-refractivity contribution in [1.29, 1.82) is 0 Å². The summed E-state index contributed by atoms with van der Waals surface area (Å²) < 4.78 is 229. The zero-order valence-corrected chi connectivity index (χ0v) is 18.7. The molecule has 0 radical (unpaired) electrons. The summed E-state index contributed by atoms with van der Waals surface area (Å²) in [7, 11) is 0. The number of halogens is 16. The summed E-state index contributed by atoms with van der Waals surface area (Å²) in [4.78, 5) is 0. The molecule has 20 heteroatoms. The molecule has 3 rings (SSSR count). The van der Waals surface area contributed by atoms with Crippen LogP contribution < -0.4 is 20.9 Å². The Morgan fingerprint density at radius 2 is 0.756 bits per heavy atom. The predicted molar refractivity (Wildman–Crippen MR) is 103 cm³/mol. The summed E-state index contributed by atoms with van der Waals surface area (Å²) in [6.45, 7) is 0. The van der Waals surface area contributed by atoms with Gasteiger partial charge in [-0.3, -0.25) is 0 Å². The van der Waals surface area contributed by atoms with E-state index in [1.807, 2.05) is 0 Å². The Bertz CT molecular complexity index is 1540. The molecule has 4 N–H and O–H groups in total. The van der Waals surface area contributed by atoms with E-state index in [1.54, 1.807) is 0 Å². The van der Waals surface area contributed by atoms with Gasteiger partial charge in [0.15, 0.2) is 34.7 Å². The van der Waals surface area contributed by atoms with E-state index in [9.17, 15) is 65.9 Å². The SMILES string of the molecule is Nc1c(F)cc(F)c(Oc2c(F)c(F)c(C(F)(F)F)c(Oc3c(F)cc(F)c(N)c3C(F)(F)F)c2F)c1C(F)(F)F. The standard InChI is InChI=1S/C21H6F16N2O2/c22-3-1-5(24)15(8(13(3)38)20(32,33)34)40-17-7(19(29,30)31)10(26)11(27)18(12(17)28)41-16-6(25)2-4(23)14(39)9(16)21(35,36)37/h1-2H,38-39H2. The molecule has 0 amide bonds. The Labute approximate surface area is 214 Å². The summed E-state index contributed by atoms with van der Waals surface area (Å²) in [5.74, 6) is -29.5. The second-order valence-electron chi connectivity index (χ2n) is 7.59. The molecule has 3 aromatic rings. The summed E-state index contributed by atoms with van der Waals surface area (Å²) in [6.07, 6.45) is -18.2. The van der Waals surface area contributed by atoms with Gasteiger partial charge in [-0.2, -0.15) is 48.3 Å². The number of hydrogen-bond donors (Lipinski definition) is 2. The summed E-state index contributed by atoms with van der Waals surface area (Å²) in [5.41, 5.74) is -2.93. The summed E-state index contributed by atoms with van der Waals surface area (Å²) in [5, 5.41) is 0. The van der Waals surface area contributed by atoms with Gasteiger partial charge in [-0.05, 0) is 0 Å². The highest BCUT2D eigenvalue weighted by atomic mass is 19.4. The molecule has 0 aliphatic carbocycles. The van der Waals surface area contributed by atoms with Crippen molar-refractivity contribution < 1.29 is 79.7 Å². The quantitative estimate of drug-likeness (QED) is 0.174. The normalized spacial score (nSPS) is 12.6. The van der Waals surface area contributed by atoms with Gasteiger partial charge in [-0.25, -0.2) is 22.0 Å². The number of alkyl halides is 9. The molecule has 0 fully saturated rings. The van der Waals surface area contributed by atoms with Crippen LogP contribution in [0, 0.1) is 40.7 Å². The lowest BCUT2D eigenvalue weighted by Crippen LogP contribution is -2.18. The van der Waals surface area contributed by atoms with Crippen molar-refractivity contribution in [2.45, 2.75) is 18.5 Å². The van der Waals surface area contributed by atoms with E-state index >= 15 is 4.39 Å². The van der Waals surface area contributed by atoms with E-state index in [4.69, 9.17) is 11.5 Å². The lowest BCUT2D eigenvalue weighted by atomic mass is 10.1. The van der Waals surface area contributed by atoms with Crippen LogP contribution in [0.15, 0.2) is 12.1 Å². The fourth-order valence-electron chi connectivity index (χ4n) is 3.25. The van der Waals surface area contributed by atoms with E-state index in [0.29, 0.717) is 0 Å². The van der Waals surface area contributed by atoms with Gasteiger partial charge >= 0.3 is 18.5 Å². The third-order valence-electron chi connectivity index (χ3n) is 4.94. The Balaban J connectivity index is 2.43. The monoisotopic (exact) mass is 622 g/mol. The fourth-order valence-corrected chi connectivity index (χ4v) is 3.25. The van der Waals surface area contributed by atoms with Crippen molar-refractivity contribution in [2.24, 2.45) is 0 Å². The van der Waals surface area contributed by atoms with Gasteiger partial charge in [0.1, 0.15) is 28.3 Å². The minimum Gasteiger partial charge on any atom is -0.450 e. The molecule has 41 heavy (non-hydrogen) atoms. The third-order valence-corrected chi connectivity index (χ3v) is 4.94. The van der Waals surface area contributed by atoms with Crippen LogP contribution in [0.1, 0.15) is 16.7 Å². The highest BCUT2D eigenvalue weighted by Crippen LogP contribution is 2.51. The smallest absolute Gasteiger partial charge is 0.423 e. The third kappa shape index (κ3) is 5.53. The molecule has 0 aromatic heterocycles. The van der Waals surface area contributed by atoms with Crippen molar-refractivity contribution in [3.8, 4) is 23.0 Å². The number of rotatable bonds is 4. The molecule has 0 spiro atoms. The van der Waals surface area contributed by atoms with E-state index in [0.717, 1.165) is 0 Å². The van der Waals surface area contributed by atoms with Crippen molar-refractivity contribution in [3.05, 3.63) is 69.5 Å². The Morgan fingerprint density at radius 3 is 1.10 bits per heavy atom. The van der Waals surface area contributed by atoms with Crippen LogP contribution >= 0.6 is 0 Å². The minimum absolute atomic E-state index is 0.445. The molecule has 0 bridgehead atoms. The molecule has 0 unspecified atom stereocenters. The maximum Gasteiger partial charge on any atom is 0.423 e. The van der Waals surface area contributed by atoms with E-state index in [-0.39, 0.29) is 0 Å². The summed E-state index contributed by atoms with van der Waals surface area (Å²) in [6, 6.07) is -0.936. The van der Waals surface area contributed by atoms with E-state index in [2.05, 4.69) is 9.47 Å². The molecular weight excluding hydrogens is 616 g/mol. The highest BCUT2D eigenvalue weighted by Gasteiger charge is 2.47. The zero-order valence-electron chi connectivity index (χ0n) is 18.7. The number of ether oxygens (including phenoxy) is 2. The first-order valence-electron chi connectivity index (χ1n) is 9.82. The maximum absolute atomic E-state index is 15.2. The summed E-state index contributed by atoms with van der Waals surface area (Å²) >= 11 is 0. The highest BCUT2D eigenvalue weighted by molar-refractivity contribution is 5.61. The largest absolute Gasteiger partial charge is 0.450 e. The van der Waals surface area contributed by atoms with E-state index < -0.39 is 122 Å². The number of anilines is 2. The second kappa shape index (κ2) is 9.98. The van der Waals surface area contributed by atoms with E-state index in [1.165, 1.54) is 0 Å². The Kier molecular flexibility index (Phi) is 7.61. The Hall–Kier alpha value is -4.26. The molecule has 0 aliphatic rings. The molecule has 0 aliphatic heterocycles. The number of nitrogens with two attached hydrogens (primary N) is 2. The van der Waals surface area contributed by atoms with Gasteiger partial charge in [-0.15, -0.1) is 0 Å². The molecule has 3 aromatic carbocycles. The lowest BCUT2D eigenvalue weighted by molar-refractivity contribution is -0.142. The number of benzene rings is 3. The van der Waals surface area contributed by atoms with Crippen LogP contribution in [0.3, 0.4) is 0 Å². The van der Waals surface area contributed by atoms with Gasteiger partial charge in [0.05, 0.1) is 11.4 Å². The lowest BCUT2D eigenvalue weighted by Gasteiger charge is -2.22. The average Bonchev–Trinajstić information content (AvgIpc) is 2.78. The topological polar surface area (TPSA) is 70.5 Å². The van der Waals surface area contributed by atoms with Crippen molar-refractivity contribution in [1.82, 2.24) is 0 Å². The molecule has 0 atom stereocenters. The van der Waals surface area contributed by atoms with Crippen LogP contribution in [0.25, 0.3) is 0 Å². The number of nitrogen functional groups attached to an aromatic ring is 2. The number of hydrogen-bond acceptors (Lipinski definition) is 4. The zero-order chi connectivity index (χ0) is 31.6. The van der Waals surface area contributed by atoms with Gasteiger partial charge in [-0.1, -0.05) is 0 Å². The molecule has 4 nitrogen and oxygen atoms in total. The van der Waals surface area contributed by atoms with Gasteiger partial charge in [0.25, 0.3) is 0 Å². The predicted octanol–water partition coefficient (Wildman–Crippen LogP) is 8.47. The average molecular weight is 622 g/mol. The fraction of sp³-hybridized carbons (Fsp3) is 0.143. The van der Waals surface area contributed by atoms with Crippen LogP contribution in [0.4, 0.5) is 81.6 Å². The van der Waals surface area contributed by atoms with Gasteiger partial charge in [0.2, 0.25) is 17.4 Å². The second-order valence-corrected chi connectivity index (χ2v) is 7.59. The van der Waals surface area contributed by atoms with Gasteiger partial charge < -0.3 is 20.9 Å². The molecule has 0 saturated heterocycles. The van der Waals surface area contributed by atoms with Crippen LogP contribution in [0.5, 0.6) is 23.0 Å². The van der Waals surface area contributed by atoms with Crippen LogP contribution in [0.2, 0.25) is 0 Å². The van der Waals surface area contributed by atoms with Crippen molar-refractivity contribution in [2.75, 3.05) is 11.5 Å². The minimum atomic E-state index is -6.30. The van der Waals surface area contributed by atoms with Gasteiger partial charge in [0, 0.05) is 12.1 Å². The molecule has 0 heterocycles. The van der Waals surface area contributed by atoms with Crippen LogP contribution in [-0.4, -0.2) is 0 Å². The first-order valence-corrected chi connectivity index (χ1v) is 9.82. The molecule has 224 valence electrons. The maximum atomic E-state index is 15.2. The molecular formula is C21H6F16N2O2. The first kappa shape index (κ1) is 31.3. The van der Waals surface area contributed by atoms with Crippen molar-refractivity contribution in [3.63, 3.8) is 0 Å². The first-order chi connectivity index (χ1) is 18.5. The molecule has 0 saturated carbocycles. The van der Waals surface area contributed by atoms with Crippen LogP contribution in [-0.2, 0) is 18.5 Å².